The highest BCUT2D eigenvalue weighted by Gasteiger charge is 2.14. The monoisotopic (exact) mass is 411 g/mol. The summed E-state index contributed by atoms with van der Waals surface area (Å²) in [6.45, 7) is 2.44. The van der Waals surface area contributed by atoms with E-state index in [1.807, 2.05) is 98.7 Å². The van der Waals surface area contributed by atoms with Crippen LogP contribution in [0, 0.1) is 6.92 Å². The molecule has 0 bridgehead atoms. The first-order valence-corrected chi connectivity index (χ1v) is 10.1. The third-order valence-electron chi connectivity index (χ3n) is 4.99. The second kappa shape index (κ2) is 8.83. The molecule has 0 radical (unpaired) electrons. The smallest absolute Gasteiger partial charge is 0.289 e. The van der Waals surface area contributed by atoms with Crippen molar-refractivity contribution in [2.75, 3.05) is 24.3 Å². The second-order valence-corrected chi connectivity index (χ2v) is 7.65. The van der Waals surface area contributed by atoms with Crippen molar-refractivity contribution in [3.05, 3.63) is 89.7 Å². The van der Waals surface area contributed by atoms with Gasteiger partial charge in [-0.25, -0.2) is 9.97 Å². The highest BCUT2D eigenvalue weighted by Crippen LogP contribution is 2.24. The van der Waals surface area contributed by atoms with E-state index in [0.717, 1.165) is 27.9 Å². The van der Waals surface area contributed by atoms with Crippen molar-refractivity contribution in [3.63, 3.8) is 0 Å². The number of fused-ring (bicyclic) bond motifs is 1. The number of aromatic nitrogens is 2. The first-order chi connectivity index (χ1) is 15.0. The Labute approximate surface area is 182 Å². The molecule has 4 rings (SSSR count). The molecule has 0 saturated heterocycles. The number of hydrogen-bond donors (Lipinski definition) is 2. The third-order valence-corrected chi connectivity index (χ3v) is 4.99. The molecule has 0 atom stereocenters. The van der Waals surface area contributed by atoms with Crippen LogP contribution in [0.3, 0.4) is 0 Å². The van der Waals surface area contributed by atoms with Gasteiger partial charge in [0.15, 0.2) is 0 Å². The van der Waals surface area contributed by atoms with Gasteiger partial charge >= 0.3 is 0 Å². The Morgan fingerprint density at radius 2 is 1.71 bits per heavy atom. The van der Waals surface area contributed by atoms with Crippen LogP contribution in [0.5, 0.6) is 0 Å². The van der Waals surface area contributed by atoms with Crippen LogP contribution < -0.4 is 15.5 Å². The van der Waals surface area contributed by atoms with Gasteiger partial charge in [0.1, 0.15) is 5.82 Å². The van der Waals surface area contributed by atoms with Crippen LogP contribution in [0.15, 0.2) is 72.8 Å². The zero-order valence-electron chi connectivity index (χ0n) is 17.9. The molecule has 0 aliphatic rings. The minimum Gasteiger partial charge on any atom is -0.378 e. The molecule has 1 aromatic heterocycles. The molecule has 0 aliphatic heterocycles. The van der Waals surface area contributed by atoms with Gasteiger partial charge in [-0.3, -0.25) is 4.79 Å². The number of benzene rings is 3. The Bertz CT molecular complexity index is 1220. The standard InChI is InChI=1S/C25H25N5O/c1-17-7-6-8-19(15-17)27-23-21-9-4-5-10-22(21)28-24(29-23)25(31)26-16-18-11-13-20(14-12-18)30(2)3/h4-15H,16H2,1-3H3,(H,26,31)(H,27,28,29). The zero-order chi connectivity index (χ0) is 21.8. The molecule has 0 fully saturated rings. The zero-order valence-corrected chi connectivity index (χ0v) is 17.9. The molecule has 6 heteroatoms. The normalized spacial score (nSPS) is 10.7. The molecule has 0 saturated carbocycles. The summed E-state index contributed by atoms with van der Waals surface area (Å²) in [6.07, 6.45) is 0. The van der Waals surface area contributed by atoms with Crippen LogP contribution in [0.25, 0.3) is 10.9 Å². The molecule has 6 nitrogen and oxygen atoms in total. The Morgan fingerprint density at radius 3 is 2.45 bits per heavy atom. The summed E-state index contributed by atoms with van der Waals surface area (Å²) >= 11 is 0. The van der Waals surface area contributed by atoms with Gasteiger partial charge in [0, 0.05) is 37.4 Å². The van der Waals surface area contributed by atoms with Crippen LogP contribution in [-0.4, -0.2) is 30.0 Å². The van der Waals surface area contributed by atoms with Crippen LogP contribution in [0.1, 0.15) is 21.7 Å². The van der Waals surface area contributed by atoms with Gasteiger partial charge in [0.2, 0.25) is 5.82 Å². The van der Waals surface area contributed by atoms with Gasteiger partial charge in [-0.15, -0.1) is 0 Å². The summed E-state index contributed by atoms with van der Waals surface area (Å²) in [6, 6.07) is 23.7. The van der Waals surface area contributed by atoms with Crippen molar-refractivity contribution < 1.29 is 4.79 Å². The molecule has 156 valence electrons. The number of rotatable bonds is 6. The Morgan fingerprint density at radius 1 is 0.935 bits per heavy atom. The predicted octanol–water partition coefficient (Wildman–Crippen LogP) is 4.68. The highest BCUT2D eigenvalue weighted by atomic mass is 16.2. The van der Waals surface area contributed by atoms with Gasteiger partial charge in [-0.2, -0.15) is 0 Å². The van der Waals surface area contributed by atoms with Gasteiger partial charge in [0.05, 0.1) is 5.52 Å². The van der Waals surface area contributed by atoms with E-state index in [1.54, 1.807) is 0 Å². The average Bonchev–Trinajstić information content (AvgIpc) is 2.77. The van der Waals surface area contributed by atoms with E-state index in [4.69, 9.17) is 0 Å². The molecule has 1 amide bonds. The lowest BCUT2D eigenvalue weighted by Crippen LogP contribution is -2.25. The Hall–Kier alpha value is -3.93. The number of nitrogens with one attached hydrogen (secondary N) is 2. The summed E-state index contributed by atoms with van der Waals surface area (Å²) in [5, 5.41) is 7.12. The summed E-state index contributed by atoms with van der Waals surface area (Å²) < 4.78 is 0. The first kappa shape index (κ1) is 20.3. The maximum atomic E-state index is 12.8. The molecule has 0 unspecified atom stereocenters. The van der Waals surface area contributed by atoms with E-state index in [9.17, 15) is 4.79 Å². The Kier molecular flexibility index (Phi) is 5.80. The van der Waals surface area contributed by atoms with Crippen molar-refractivity contribution in [2.45, 2.75) is 13.5 Å². The number of hydrogen-bond acceptors (Lipinski definition) is 5. The Balaban J connectivity index is 1.57. The molecule has 1 heterocycles. The molecule has 0 aliphatic carbocycles. The largest absolute Gasteiger partial charge is 0.378 e. The lowest BCUT2D eigenvalue weighted by molar-refractivity contribution is 0.0941. The number of para-hydroxylation sites is 1. The summed E-state index contributed by atoms with van der Waals surface area (Å²) in [7, 11) is 3.99. The SMILES string of the molecule is Cc1cccc(Nc2nc(C(=O)NCc3ccc(N(C)C)cc3)nc3ccccc23)c1. The van der Waals surface area contributed by atoms with Crippen LogP contribution in [0.2, 0.25) is 0 Å². The topological polar surface area (TPSA) is 70.2 Å². The van der Waals surface area contributed by atoms with Gasteiger partial charge in [-0.05, 0) is 54.4 Å². The fourth-order valence-corrected chi connectivity index (χ4v) is 3.31. The third kappa shape index (κ3) is 4.80. The second-order valence-electron chi connectivity index (χ2n) is 7.65. The summed E-state index contributed by atoms with van der Waals surface area (Å²) in [4.78, 5) is 23.9. The number of nitrogens with zero attached hydrogens (tertiary/aromatic N) is 3. The fraction of sp³-hybridized carbons (Fsp3) is 0.160. The van der Waals surface area contributed by atoms with Crippen molar-refractivity contribution in [2.24, 2.45) is 0 Å². The van der Waals surface area contributed by atoms with E-state index in [0.29, 0.717) is 17.9 Å². The molecule has 4 aromatic rings. The van der Waals surface area contributed by atoms with E-state index < -0.39 is 0 Å². The number of carbonyl (C=O) groups is 1. The molecule has 0 spiro atoms. The number of anilines is 3. The van der Waals surface area contributed by atoms with Crippen molar-refractivity contribution >= 4 is 34.0 Å². The molecule has 3 aromatic carbocycles. The van der Waals surface area contributed by atoms with Crippen LogP contribution in [0.4, 0.5) is 17.2 Å². The van der Waals surface area contributed by atoms with E-state index in [2.05, 4.69) is 20.6 Å². The molecular formula is C25H25N5O. The van der Waals surface area contributed by atoms with Gasteiger partial charge < -0.3 is 15.5 Å². The van der Waals surface area contributed by atoms with Gasteiger partial charge in [0.25, 0.3) is 5.91 Å². The van der Waals surface area contributed by atoms with Crippen molar-refractivity contribution in [1.29, 1.82) is 0 Å². The maximum absolute atomic E-state index is 12.8. The highest BCUT2D eigenvalue weighted by molar-refractivity contribution is 5.97. The predicted molar refractivity (Wildman–Crippen MR) is 126 cm³/mol. The molecular weight excluding hydrogens is 386 g/mol. The van der Waals surface area contributed by atoms with E-state index >= 15 is 0 Å². The van der Waals surface area contributed by atoms with E-state index in [-0.39, 0.29) is 11.7 Å². The minimum atomic E-state index is -0.310. The summed E-state index contributed by atoms with van der Waals surface area (Å²) in [5.41, 5.74) is 4.89. The molecule has 31 heavy (non-hydrogen) atoms. The van der Waals surface area contributed by atoms with Crippen LogP contribution in [-0.2, 0) is 6.54 Å². The van der Waals surface area contributed by atoms with E-state index in [1.165, 1.54) is 0 Å². The fourth-order valence-electron chi connectivity index (χ4n) is 3.31. The lowest BCUT2D eigenvalue weighted by Gasteiger charge is -2.13. The minimum absolute atomic E-state index is 0.138. The lowest BCUT2D eigenvalue weighted by atomic mass is 10.2. The first-order valence-electron chi connectivity index (χ1n) is 10.1. The molecule has 2 N–H and O–H groups in total. The maximum Gasteiger partial charge on any atom is 0.289 e. The quantitative estimate of drug-likeness (QED) is 0.482. The summed E-state index contributed by atoms with van der Waals surface area (Å²) in [5.74, 6) is 0.435. The van der Waals surface area contributed by atoms with Crippen molar-refractivity contribution in [1.82, 2.24) is 15.3 Å². The number of carbonyl (C=O) groups excluding carboxylic acids is 1. The number of aryl methyl sites for hydroxylation is 1. The average molecular weight is 412 g/mol. The van der Waals surface area contributed by atoms with Crippen LogP contribution >= 0.6 is 0 Å². The number of amides is 1. The van der Waals surface area contributed by atoms with Gasteiger partial charge in [-0.1, -0.05) is 36.4 Å². The van der Waals surface area contributed by atoms with Crippen molar-refractivity contribution in [3.8, 4) is 0 Å².